The molecule has 0 radical (unpaired) electrons. The van der Waals surface area contributed by atoms with E-state index in [9.17, 15) is 9.18 Å². The number of nitrogens with one attached hydrogen (secondary N) is 1. The maximum Gasteiger partial charge on any atom is 0.263 e. The molecular weight excluding hydrogens is 380 g/mol. The van der Waals surface area contributed by atoms with E-state index in [2.05, 4.69) is 10.4 Å². The number of carbonyl (C=O) groups is 1. The molecule has 2 aromatic carbocycles. The molecule has 5 nitrogen and oxygen atoms in total. The molecular formula is C18H14Cl2FN3O2. The molecule has 8 heteroatoms. The zero-order valence-corrected chi connectivity index (χ0v) is 15.2. The van der Waals surface area contributed by atoms with Gasteiger partial charge in [0, 0.05) is 22.3 Å². The standard InChI is InChI=1S/C18H14Cl2FN3O2/c1-26-15-4-2-3-14(21)17(15)18(25)22-16-7-8-24(23-16)10-11-5-6-12(19)9-13(11)20/h2-9H,10H2,1H3,(H,22,23,25). The number of hydrogen-bond acceptors (Lipinski definition) is 3. The summed E-state index contributed by atoms with van der Waals surface area (Å²) in [5.41, 5.74) is 0.651. The second-order valence-electron chi connectivity index (χ2n) is 5.41. The molecule has 3 aromatic rings. The highest BCUT2D eigenvalue weighted by Gasteiger charge is 2.18. The molecule has 0 spiro atoms. The van der Waals surface area contributed by atoms with Gasteiger partial charge in [-0.2, -0.15) is 5.10 Å². The summed E-state index contributed by atoms with van der Waals surface area (Å²) < 4.78 is 20.6. The Hall–Kier alpha value is -2.57. The van der Waals surface area contributed by atoms with E-state index in [1.165, 1.54) is 25.3 Å². The molecule has 0 aliphatic carbocycles. The lowest BCUT2D eigenvalue weighted by Gasteiger charge is -2.09. The number of hydrogen-bond donors (Lipinski definition) is 1. The SMILES string of the molecule is COc1cccc(F)c1C(=O)Nc1ccn(Cc2ccc(Cl)cc2Cl)n1. The highest BCUT2D eigenvalue weighted by molar-refractivity contribution is 6.35. The molecule has 0 fully saturated rings. The van der Waals surface area contributed by atoms with Gasteiger partial charge in [-0.25, -0.2) is 4.39 Å². The number of halogens is 3. The third-order valence-corrected chi connectivity index (χ3v) is 4.24. The van der Waals surface area contributed by atoms with Crippen LogP contribution in [0.15, 0.2) is 48.7 Å². The van der Waals surface area contributed by atoms with Crippen molar-refractivity contribution in [1.82, 2.24) is 9.78 Å². The Bertz CT molecular complexity index is 959. The number of ether oxygens (including phenoxy) is 1. The number of nitrogens with zero attached hydrogens (tertiary/aromatic N) is 2. The van der Waals surface area contributed by atoms with E-state index in [1.54, 1.807) is 35.1 Å². The topological polar surface area (TPSA) is 56.1 Å². The smallest absolute Gasteiger partial charge is 0.263 e. The fourth-order valence-corrected chi connectivity index (χ4v) is 2.88. The summed E-state index contributed by atoms with van der Waals surface area (Å²) in [4.78, 5) is 12.4. The molecule has 0 aliphatic rings. The molecule has 3 rings (SSSR count). The second-order valence-corrected chi connectivity index (χ2v) is 6.25. The molecule has 1 aromatic heterocycles. The highest BCUT2D eigenvalue weighted by Crippen LogP contribution is 2.23. The van der Waals surface area contributed by atoms with Crippen LogP contribution >= 0.6 is 23.2 Å². The first-order valence-electron chi connectivity index (χ1n) is 7.59. The molecule has 0 saturated heterocycles. The van der Waals surface area contributed by atoms with Crippen LogP contribution in [0.4, 0.5) is 10.2 Å². The van der Waals surface area contributed by atoms with E-state index in [-0.39, 0.29) is 17.1 Å². The lowest BCUT2D eigenvalue weighted by molar-refractivity contribution is 0.101. The number of carbonyl (C=O) groups excluding carboxylic acids is 1. The zero-order chi connectivity index (χ0) is 18.7. The Labute approximate surface area is 159 Å². The number of benzene rings is 2. The van der Waals surface area contributed by atoms with Gasteiger partial charge in [0.2, 0.25) is 0 Å². The highest BCUT2D eigenvalue weighted by atomic mass is 35.5. The summed E-state index contributed by atoms with van der Waals surface area (Å²) in [7, 11) is 1.37. The van der Waals surface area contributed by atoms with E-state index in [1.807, 2.05) is 0 Å². The molecule has 26 heavy (non-hydrogen) atoms. The molecule has 134 valence electrons. The van der Waals surface area contributed by atoms with Crippen molar-refractivity contribution in [1.29, 1.82) is 0 Å². The number of aromatic nitrogens is 2. The summed E-state index contributed by atoms with van der Waals surface area (Å²) in [6.45, 7) is 0.398. The van der Waals surface area contributed by atoms with E-state index < -0.39 is 11.7 Å². The van der Waals surface area contributed by atoms with Crippen LogP contribution in [0.1, 0.15) is 15.9 Å². The predicted molar refractivity (Wildman–Crippen MR) is 98.7 cm³/mol. The van der Waals surface area contributed by atoms with Crippen molar-refractivity contribution in [2.45, 2.75) is 6.54 Å². The van der Waals surface area contributed by atoms with Crippen molar-refractivity contribution in [2.24, 2.45) is 0 Å². The van der Waals surface area contributed by atoms with Gasteiger partial charge in [0.25, 0.3) is 5.91 Å². The molecule has 0 saturated carbocycles. The zero-order valence-electron chi connectivity index (χ0n) is 13.7. The van der Waals surface area contributed by atoms with Gasteiger partial charge in [-0.15, -0.1) is 0 Å². The first-order valence-corrected chi connectivity index (χ1v) is 8.35. The van der Waals surface area contributed by atoms with Crippen molar-refractivity contribution >= 4 is 34.9 Å². The minimum absolute atomic E-state index is 0.148. The monoisotopic (exact) mass is 393 g/mol. The van der Waals surface area contributed by atoms with Crippen molar-refractivity contribution < 1.29 is 13.9 Å². The van der Waals surface area contributed by atoms with Gasteiger partial charge in [-0.1, -0.05) is 35.3 Å². The van der Waals surface area contributed by atoms with Crippen molar-refractivity contribution in [3.05, 3.63) is 75.7 Å². The molecule has 1 heterocycles. The Balaban J connectivity index is 1.75. The quantitative estimate of drug-likeness (QED) is 0.686. The predicted octanol–water partition coefficient (Wildman–Crippen LogP) is 4.64. The van der Waals surface area contributed by atoms with Gasteiger partial charge in [-0.3, -0.25) is 9.48 Å². The first-order chi connectivity index (χ1) is 12.5. The average molecular weight is 394 g/mol. The largest absolute Gasteiger partial charge is 0.496 e. The molecule has 0 atom stereocenters. The second kappa shape index (κ2) is 7.76. The number of methoxy groups -OCH3 is 1. The normalized spacial score (nSPS) is 10.6. The van der Waals surface area contributed by atoms with E-state index in [0.29, 0.717) is 16.6 Å². The fraction of sp³-hybridized carbons (Fsp3) is 0.111. The minimum Gasteiger partial charge on any atom is -0.496 e. The molecule has 0 unspecified atom stereocenters. The Kier molecular flexibility index (Phi) is 5.44. The number of anilines is 1. The molecule has 1 N–H and O–H groups in total. The summed E-state index contributed by atoms with van der Waals surface area (Å²) in [6, 6.07) is 11.0. The van der Waals surface area contributed by atoms with E-state index >= 15 is 0 Å². The lowest BCUT2D eigenvalue weighted by Crippen LogP contribution is -2.16. The van der Waals surface area contributed by atoms with Crippen LogP contribution in [0.25, 0.3) is 0 Å². The summed E-state index contributed by atoms with van der Waals surface area (Å²) in [5, 5.41) is 7.88. The van der Waals surface area contributed by atoms with Gasteiger partial charge < -0.3 is 10.1 Å². The fourth-order valence-electron chi connectivity index (χ4n) is 2.41. The Morgan fingerprint density at radius 2 is 2.08 bits per heavy atom. The molecule has 1 amide bonds. The third-order valence-electron chi connectivity index (χ3n) is 3.65. The maximum atomic E-state index is 14.0. The van der Waals surface area contributed by atoms with Gasteiger partial charge in [0.05, 0.1) is 13.7 Å². The van der Waals surface area contributed by atoms with E-state index in [0.717, 1.165) is 5.56 Å². The summed E-state index contributed by atoms with van der Waals surface area (Å²) in [5.74, 6) is -0.885. The van der Waals surface area contributed by atoms with Crippen LogP contribution in [0.5, 0.6) is 5.75 Å². The Morgan fingerprint density at radius 3 is 2.81 bits per heavy atom. The summed E-state index contributed by atoms with van der Waals surface area (Å²) in [6.07, 6.45) is 1.68. The van der Waals surface area contributed by atoms with Crippen LogP contribution in [-0.4, -0.2) is 22.8 Å². The number of amides is 1. The maximum absolute atomic E-state index is 14.0. The van der Waals surface area contributed by atoms with Crippen LogP contribution in [0, 0.1) is 5.82 Å². The average Bonchev–Trinajstić information content (AvgIpc) is 3.04. The van der Waals surface area contributed by atoms with E-state index in [4.69, 9.17) is 27.9 Å². The first kappa shape index (κ1) is 18.2. The van der Waals surface area contributed by atoms with Gasteiger partial charge in [0.15, 0.2) is 5.82 Å². The minimum atomic E-state index is -0.672. The van der Waals surface area contributed by atoms with Gasteiger partial charge >= 0.3 is 0 Å². The van der Waals surface area contributed by atoms with Crippen molar-refractivity contribution in [2.75, 3.05) is 12.4 Å². The van der Waals surface area contributed by atoms with Crippen LogP contribution in [0.2, 0.25) is 10.0 Å². The van der Waals surface area contributed by atoms with Crippen LogP contribution < -0.4 is 10.1 Å². The lowest BCUT2D eigenvalue weighted by atomic mass is 10.1. The number of rotatable bonds is 5. The Morgan fingerprint density at radius 1 is 1.27 bits per heavy atom. The van der Waals surface area contributed by atoms with Crippen LogP contribution in [-0.2, 0) is 6.54 Å². The van der Waals surface area contributed by atoms with Gasteiger partial charge in [0.1, 0.15) is 17.1 Å². The van der Waals surface area contributed by atoms with Crippen molar-refractivity contribution in [3.63, 3.8) is 0 Å². The molecule has 0 bridgehead atoms. The van der Waals surface area contributed by atoms with Crippen molar-refractivity contribution in [3.8, 4) is 5.75 Å². The molecule has 0 aliphatic heterocycles. The third kappa shape index (κ3) is 3.98. The summed E-state index contributed by atoms with van der Waals surface area (Å²) >= 11 is 12.0. The van der Waals surface area contributed by atoms with Gasteiger partial charge in [-0.05, 0) is 29.8 Å². The van der Waals surface area contributed by atoms with Crippen LogP contribution in [0.3, 0.4) is 0 Å².